The van der Waals surface area contributed by atoms with Gasteiger partial charge in [-0.15, -0.1) is 0 Å². The van der Waals surface area contributed by atoms with Crippen molar-refractivity contribution in [1.29, 1.82) is 0 Å². The molecule has 0 spiro atoms. The molecule has 1 saturated heterocycles. The van der Waals surface area contributed by atoms with Crippen LogP contribution >= 0.6 is 0 Å². The van der Waals surface area contributed by atoms with Crippen molar-refractivity contribution in [1.82, 2.24) is 14.7 Å². The highest BCUT2D eigenvalue weighted by Crippen LogP contribution is 2.27. The van der Waals surface area contributed by atoms with Gasteiger partial charge in [-0.2, -0.15) is 5.10 Å². The van der Waals surface area contributed by atoms with Crippen LogP contribution in [0, 0.1) is 6.92 Å². The van der Waals surface area contributed by atoms with Crippen molar-refractivity contribution in [3.05, 3.63) is 5.69 Å². The molecule has 1 atom stereocenters. The lowest BCUT2D eigenvalue weighted by atomic mass is 10.1. The normalized spacial score (nSPS) is 22.1. The lowest BCUT2D eigenvalue weighted by molar-refractivity contribution is 0.212. The van der Waals surface area contributed by atoms with Crippen LogP contribution in [0.15, 0.2) is 0 Å². The summed E-state index contributed by atoms with van der Waals surface area (Å²) in [6, 6.07) is 0.610. The fraction of sp³-hybridized carbons (Fsp3) is 0.750. The average molecular weight is 237 g/mol. The molecule has 1 aliphatic heterocycles. The first-order valence-corrected chi connectivity index (χ1v) is 6.28. The molecule has 2 heterocycles. The van der Waals surface area contributed by atoms with E-state index < -0.39 is 0 Å². The van der Waals surface area contributed by atoms with E-state index in [0.717, 1.165) is 36.8 Å². The minimum absolute atomic E-state index is 0.610. The van der Waals surface area contributed by atoms with Crippen molar-refractivity contribution in [3.63, 3.8) is 0 Å². The molecule has 1 fully saturated rings. The van der Waals surface area contributed by atoms with Gasteiger partial charge < -0.3 is 10.6 Å². The summed E-state index contributed by atoms with van der Waals surface area (Å²) in [4.78, 5) is 4.79. The fourth-order valence-electron chi connectivity index (χ4n) is 2.62. The predicted molar refractivity (Wildman–Crippen MR) is 71.3 cm³/mol. The first-order valence-electron chi connectivity index (χ1n) is 6.28. The molecule has 1 aliphatic rings. The summed E-state index contributed by atoms with van der Waals surface area (Å²) in [7, 11) is 4.17. The number of anilines is 2. The highest BCUT2D eigenvalue weighted by molar-refractivity contribution is 5.66. The van der Waals surface area contributed by atoms with Gasteiger partial charge in [0, 0.05) is 32.7 Å². The van der Waals surface area contributed by atoms with E-state index >= 15 is 0 Å². The number of hydrogen-bond donors (Lipinski definition) is 1. The molecule has 0 amide bonds. The summed E-state index contributed by atoms with van der Waals surface area (Å²) in [5, 5.41) is 4.39. The molecule has 5 heteroatoms. The van der Waals surface area contributed by atoms with Gasteiger partial charge in [0.2, 0.25) is 0 Å². The van der Waals surface area contributed by atoms with Gasteiger partial charge in [0.05, 0.1) is 11.4 Å². The Labute approximate surface area is 103 Å². The van der Waals surface area contributed by atoms with Crippen LogP contribution in [0.2, 0.25) is 0 Å². The Balaban J connectivity index is 2.23. The first-order chi connectivity index (χ1) is 8.04. The number of piperazine rings is 1. The number of rotatable bonds is 2. The highest BCUT2D eigenvalue weighted by Gasteiger charge is 2.26. The van der Waals surface area contributed by atoms with Gasteiger partial charge in [-0.25, -0.2) is 0 Å². The zero-order valence-electron chi connectivity index (χ0n) is 11.3. The molecular formula is C12H23N5. The fourth-order valence-corrected chi connectivity index (χ4v) is 2.62. The maximum absolute atomic E-state index is 6.12. The van der Waals surface area contributed by atoms with Crippen molar-refractivity contribution in [2.45, 2.75) is 26.3 Å². The second kappa shape index (κ2) is 4.56. The number of aromatic nitrogens is 2. The number of nitrogens with zero attached hydrogens (tertiary/aromatic N) is 4. The summed E-state index contributed by atoms with van der Waals surface area (Å²) in [5.41, 5.74) is 7.87. The van der Waals surface area contributed by atoms with Gasteiger partial charge in [-0.3, -0.25) is 9.58 Å². The largest absolute Gasteiger partial charge is 0.394 e. The van der Waals surface area contributed by atoms with E-state index in [1.807, 2.05) is 18.7 Å². The van der Waals surface area contributed by atoms with Gasteiger partial charge in [-0.1, -0.05) is 6.92 Å². The van der Waals surface area contributed by atoms with E-state index in [-0.39, 0.29) is 0 Å². The second-order valence-corrected chi connectivity index (χ2v) is 4.93. The Hall–Kier alpha value is -1.23. The van der Waals surface area contributed by atoms with Crippen LogP contribution in [0.3, 0.4) is 0 Å². The third-order valence-corrected chi connectivity index (χ3v) is 3.79. The molecule has 96 valence electrons. The number of aryl methyl sites for hydroxylation is 2. The molecule has 0 bridgehead atoms. The Kier molecular flexibility index (Phi) is 3.28. The van der Waals surface area contributed by atoms with Crippen molar-refractivity contribution >= 4 is 11.5 Å². The van der Waals surface area contributed by atoms with E-state index in [0.29, 0.717) is 6.04 Å². The summed E-state index contributed by atoms with van der Waals surface area (Å²) in [5.74, 6) is 1.08. The maximum Gasteiger partial charge on any atom is 0.150 e. The smallest absolute Gasteiger partial charge is 0.150 e. The molecule has 1 aromatic heterocycles. The quantitative estimate of drug-likeness (QED) is 0.828. The minimum atomic E-state index is 0.610. The van der Waals surface area contributed by atoms with Gasteiger partial charge in [-0.05, 0) is 20.4 Å². The average Bonchev–Trinajstić information content (AvgIpc) is 2.55. The molecule has 2 N–H and O–H groups in total. The molecular weight excluding hydrogens is 214 g/mol. The van der Waals surface area contributed by atoms with Crippen LogP contribution in [0.1, 0.15) is 19.0 Å². The first kappa shape index (κ1) is 12.2. The lowest BCUT2D eigenvalue weighted by Gasteiger charge is -2.40. The molecule has 1 aromatic rings. The van der Waals surface area contributed by atoms with Crippen LogP contribution in [-0.2, 0) is 7.05 Å². The van der Waals surface area contributed by atoms with Crippen LogP contribution in [-0.4, -0.2) is 47.4 Å². The lowest BCUT2D eigenvalue weighted by Crippen LogP contribution is -2.51. The third-order valence-electron chi connectivity index (χ3n) is 3.79. The van der Waals surface area contributed by atoms with E-state index in [9.17, 15) is 0 Å². The number of nitrogen functional groups attached to an aromatic ring is 1. The zero-order chi connectivity index (χ0) is 12.6. The van der Waals surface area contributed by atoms with Gasteiger partial charge >= 0.3 is 0 Å². The van der Waals surface area contributed by atoms with E-state index in [1.54, 1.807) is 0 Å². The van der Waals surface area contributed by atoms with Crippen molar-refractivity contribution in [2.75, 3.05) is 37.3 Å². The van der Waals surface area contributed by atoms with Crippen LogP contribution in [0.25, 0.3) is 0 Å². The summed E-state index contributed by atoms with van der Waals surface area (Å²) >= 11 is 0. The van der Waals surface area contributed by atoms with Crippen LogP contribution in [0.5, 0.6) is 0 Å². The van der Waals surface area contributed by atoms with E-state index in [2.05, 4.69) is 28.9 Å². The zero-order valence-corrected chi connectivity index (χ0v) is 11.3. The molecule has 17 heavy (non-hydrogen) atoms. The van der Waals surface area contributed by atoms with Gasteiger partial charge in [0.1, 0.15) is 5.82 Å². The Morgan fingerprint density at radius 2 is 2.06 bits per heavy atom. The van der Waals surface area contributed by atoms with Gasteiger partial charge in [0.25, 0.3) is 0 Å². The number of nitrogens with two attached hydrogens (primary N) is 1. The molecule has 0 saturated carbocycles. The van der Waals surface area contributed by atoms with Gasteiger partial charge in [0.15, 0.2) is 0 Å². The molecule has 2 rings (SSSR count). The van der Waals surface area contributed by atoms with E-state index in [4.69, 9.17) is 5.73 Å². The predicted octanol–water partition coefficient (Wildman–Crippen LogP) is 0.841. The van der Waals surface area contributed by atoms with Crippen LogP contribution < -0.4 is 10.6 Å². The molecule has 1 unspecified atom stereocenters. The Morgan fingerprint density at radius 3 is 2.59 bits per heavy atom. The van der Waals surface area contributed by atoms with Crippen molar-refractivity contribution in [3.8, 4) is 0 Å². The molecule has 0 aromatic carbocycles. The van der Waals surface area contributed by atoms with Crippen molar-refractivity contribution < 1.29 is 0 Å². The van der Waals surface area contributed by atoms with E-state index in [1.165, 1.54) is 6.42 Å². The molecule has 0 aliphatic carbocycles. The van der Waals surface area contributed by atoms with Crippen molar-refractivity contribution in [2.24, 2.45) is 7.05 Å². The minimum Gasteiger partial charge on any atom is -0.394 e. The van der Waals surface area contributed by atoms with Crippen LogP contribution in [0.4, 0.5) is 11.5 Å². The third kappa shape index (κ3) is 2.11. The Morgan fingerprint density at radius 1 is 1.35 bits per heavy atom. The highest BCUT2D eigenvalue weighted by atomic mass is 15.4. The summed E-state index contributed by atoms with van der Waals surface area (Å²) in [6.45, 7) is 7.35. The summed E-state index contributed by atoms with van der Waals surface area (Å²) < 4.78 is 1.91. The SMILES string of the molecule is CCC1CN(c2c(N)c(C)nn2C)CCN1C. The molecule has 0 radical (unpaired) electrons. The standard InChI is InChI=1S/C12H23N5/c1-5-10-8-17(7-6-15(10)3)12-11(13)9(2)14-16(12)4/h10H,5-8,13H2,1-4H3. The maximum atomic E-state index is 6.12. The molecule has 5 nitrogen and oxygen atoms in total. The number of likely N-dealkylation sites (N-methyl/N-ethyl adjacent to an activating group) is 1. The monoisotopic (exact) mass is 237 g/mol. The number of hydrogen-bond acceptors (Lipinski definition) is 4. The topological polar surface area (TPSA) is 50.3 Å². The summed E-state index contributed by atoms with van der Waals surface area (Å²) in [6.07, 6.45) is 1.17. The second-order valence-electron chi connectivity index (χ2n) is 4.93. The Bertz CT molecular complexity index is 398.